The normalized spacial score (nSPS) is 10.9. The molecule has 3 aromatic rings. The van der Waals surface area contributed by atoms with Crippen LogP contribution in [0.25, 0.3) is 22.2 Å². The van der Waals surface area contributed by atoms with Crippen LogP contribution >= 0.6 is 11.6 Å². The first-order valence-electron chi connectivity index (χ1n) is 7.33. The summed E-state index contributed by atoms with van der Waals surface area (Å²) in [6.45, 7) is 1.95. The Labute approximate surface area is 140 Å². The number of hydrogen-bond acceptors (Lipinski definition) is 2. The third-order valence-corrected chi connectivity index (χ3v) is 4.19. The number of nitrogens with zero attached hydrogens (tertiary/aromatic N) is 1. The van der Waals surface area contributed by atoms with Gasteiger partial charge in [-0.2, -0.15) is 0 Å². The molecule has 23 heavy (non-hydrogen) atoms. The Morgan fingerprint density at radius 1 is 1.26 bits per heavy atom. The van der Waals surface area contributed by atoms with Crippen molar-refractivity contribution in [2.24, 2.45) is 0 Å². The fraction of sp³-hybridized carbons (Fsp3) is 0.111. The van der Waals surface area contributed by atoms with Gasteiger partial charge in [0.05, 0.1) is 17.6 Å². The van der Waals surface area contributed by atoms with Crippen molar-refractivity contribution in [2.75, 3.05) is 0 Å². The Balaban J connectivity index is 2.34. The van der Waals surface area contributed by atoms with Crippen molar-refractivity contribution in [1.82, 2.24) is 4.98 Å². The highest BCUT2D eigenvalue weighted by Gasteiger charge is 2.16. The summed E-state index contributed by atoms with van der Waals surface area (Å²) in [6.07, 6.45) is -0.0649. The first-order valence-corrected chi connectivity index (χ1v) is 7.71. The molecule has 0 saturated carbocycles. The maximum atomic E-state index is 11.3. The minimum absolute atomic E-state index is 0.0649. The van der Waals surface area contributed by atoms with E-state index >= 15 is 0 Å². The van der Waals surface area contributed by atoms with Crippen molar-refractivity contribution >= 4 is 41.8 Å². The van der Waals surface area contributed by atoms with Gasteiger partial charge in [0, 0.05) is 16.0 Å². The van der Waals surface area contributed by atoms with E-state index in [2.05, 4.69) is 0 Å². The van der Waals surface area contributed by atoms with Gasteiger partial charge in [-0.1, -0.05) is 41.3 Å². The molecule has 0 aliphatic heterocycles. The van der Waals surface area contributed by atoms with Crippen LogP contribution in [0, 0.1) is 6.92 Å². The van der Waals surface area contributed by atoms with Gasteiger partial charge >= 0.3 is 5.97 Å². The summed E-state index contributed by atoms with van der Waals surface area (Å²) in [6, 6.07) is 13.4. The summed E-state index contributed by atoms with van der Waals surface area (Å²) in [5.41, 5.74) is 5.19. The van der Waals surface area contributed by atoms with E-state index in [1.807, 2.05) is 51.2 Å². The lowest BCUT2D eigenvalue weighted by molar-refractivity contribution is -0.136. The molecule has 0 bridgehead atoms. The molecule has 0 spiro atoms. The van der Waals surface area contributed by atoms with E-state index in [0.717, 1.165) is 33.1 Å². The lowest BCUT2D eigenvalue weighted by atomic mass is 9.90. The van der Waals surface area contributed by atoms with Gasteiger partial charge in [-0.3, -0.25) is 4.79 Å². The van der Waals surface area contributed by atoms with Crippen LogP contribution in [0.3, 0.4) is 0 Å². The predicted molar refractivity (Wildman–Crippen MR) is 96.4 cm³/mol. The molecule has 0 atom stereocenters. The molecule has 114 valence electrons. The Bertz CT molecular complexity index is 924. The van der Waals surface area contributed by atoms with E-state index in [9.17, 15) is 9.90 Å². The number of carboxylic acids is 1. The molecule has 1 heterocycles. The summed E-state index contributed by atoms with van der Waals surface area (Å²) in [5, 5.41) is 10.9. The van der Waals surface area contributed by atoms with Gasteiger partial charge in [0.15, 0.2) is 0 Å². The summed E-state index contributed by atoms with van der Waals surface area (Å²) in [4.78, 5) is 16.0. The number of benzene rings is 2. The van der Waals surface area contributed by atoms with Gasteiger partial charge < -0.3 is 5.11 Å². The molecule has 0 amide bonds. The number of carboxylic acid groups (broad SMARTS) is 1. The highest BCUT2D eigenvalue weighted by molar-refractivity contribution is 6.33. The van der Waals surface area contributed by atoms with Gasteiger partial charge in [-0.15, -0.1) is 0 Å². The Hall–Kier alpha value is -2.33. The van der Waals surface area contributed by atoms with Crippen molar-refractivity contribution in [3.63, 3.8) is 0 Å². The fourth-order valence-electron chi connectivity index (χ4n) is 2.82. The largest absolute Gasteiger partial charge is 0.481 e. The molecule has 0 unspecified atom stereocenters. The number of halogens is 1. The lowest BCUT2D eigenvalue weighted by Gasteiger charge is -2.14. The van der Waals surface area contributed by atoms with E-state index in [0.29, 0.717) is 10.7 Å². The van der Waals surface area contributed by atoms with Crippen molar-refractivity contribution in [3.05, 3.63) is 58.6 Å². The van der Waals surface area contributed by atoms with Crippen molar-refractivity contribution < 1.29 is 9.90 Å². The van der Waals surface area contributed by atoms with Gasteiger partial charge in [-0.25, -0.2) is 4.98 Å². The Morgan fingerprint density at radius 2 is 2.04 bits per heavy atom. The number of hydrogen-bond donors (Lipinski definition) is 1. The lowest BCUT2D eigenvalue weighted by Crippen LogP contribution is -2.08. The molecule has 0 fully saturated rings. The number of aliphatic carboxylic acids is 1. The predicted octanol–water partition coefficient (Wildman–Crippen LogP) is 2.75. The second-order valence-corrected chi connectivity index (χ2v) is 6.10. The van der Waals surface area contributed by atoms with Crippen LogP contribution < -0.4 is 5.46 Å². The maximum Gasteiger partial charge on any atom is 0.307 e. The summed E-state index contributed by atoms with van der Waals surface area (Å²) in [5.74, 6) is -0.870. The summed E-state index contributed by atoms with van der Waals surface area (Å²) < 4.78 is 0. The van der Waals surface area contributed by atoms with Crippen LogP contribution in [-0.2, 0) is 11.2 Å². The van der Waals surface area contributed by atoms with Crippen molar-refractivity contribution in [1.29, 1.82) is 0 Å². The SMILES string of the molecule is Bc1ccc2nc(-c3cccc(Cl)c3)c(CC(=O)O)c(C)c2c1. The highest BCUT2D eigenvalue weighted by atomic mass is 35.5. The number of carbonyl (C=O) groups is 1. The molecule has 1 N–H and O–H groups in total. The second-order valence-electron chi connectivity index (χ2n) is 5.67. The second kappa shape index (κ2) is 6.05. The molecule has 1 aromatic heterocycles. The molecule has 0 radical (unpaired) electrons. The van der Waals surface area contributed by atoms with Crippen LogP contribution in [0.1, 0.15) is 11.1 Å². The molecular formula is C18H15BClNO2. The first kappa shape index (κ1) is 15.6. The van der Waals surface area contributed by atoms with E-state index in [1.165, 1.54) is 0 Å². The van der Waals surface area contributed by atoms with Crippen LogP contribution in [-0.4, -0.2) is 23.9 Å². The van der Waals surface area contributed by atoms with Crippen LogP contribution in [0.2, 0.25) is 5.02 Å². The Morgan fingerprint density at radius 3 is 2.74 bits per heavy atom. The van der Waals surface area contributed by atoms with E-state index in [-0.39, 0.29) is 6.42 Å². The van der Waals surface area contributed by atoms with E-state index in [1.54, 1.807) is 6.07 Å². The number of aromatic nitrogens is 1. The zero-order valence-electron chi connectivity index (χ0n) is 12.9. The Kier molecular flexibility index (Phi) is 4.10. The average molecular weight is 324 g/mol. The van der Waals surface area contributed by atoms with Crippen LogP contribution in [0.5, 0.6) is 0 Å². The summed E-state index contributed by atoms with van der Waals surface area (Å²) in [7, 11) is 2.01. The molecule has 0 aliphatic carbocycles. The first-order chi connectivity index (χ1) is 11.0. The number of fused-ring (bicyclic) bond motifs is 1. The molecule has 3 nitrogen and oxygen atoms in total. The topological polar surface area (TPSA) is 50.2 Å². The third kappa shape index (κ3) is 3.08. The highest BCUT2D eigenvalue weighted by Crippen LogP contribution is 2.31. The van der Waals surface area contributed by atoms with Crippen molar-refractivity contribution in [3.8, 4) is 11.3 Å². The standard InChI is InChI=1S/C18H15BClNO2/c1-10-14-8-12(19)5-6-16(14)21-18(15(10)9-17(22)23)11-3-2-4-13(20)7-11/h2-8H,9,19H2,1H3,(H,22,23). The van der Waals surface area contributed by atoms with Gasteiger partial charge in [-0.05, 0) is 36.2 Å². The van der Waals surface area contributed by atoms with Gasteiger partial charge in [0.2, 0.25) is 0 Å². The smallest absolute Gasteiger partial charge is 0.307 e. The van der Waals surface area contributed by atoms with Gasteiger partial charge in [0.25, 0.3) is 0 Å². The minimum atomic E-state index is -0.870. The van der Waals surface area contributed by atoms with Gasteiger partial charge in [0.1, 0.15) is 7.85 Å². The summed E-state index contributed by atoms with van der Waals surface area (Å²) >= 11 is 6.09. The third-order valence-electron chi connectivity index (χ3n) is 3.95. The molecular weight excluding hydrogens is 308 g/mol. The van der Waals surface area contributed by atoms with E-state index < -0.39 is 5.97 Å². The molecule has 5 heteroatoms. The maximum absolute atomic E-state index is 11.3. The van der Waals surface area contributed by atoms with Crippen LogP contribution in [0.4, 0.5) is 0 Å². The molecule has 2 aromatic carbocycles. The number of pyridine rings is 1. The monoisotopic (exact) mass is 323 g/mol. The zero-order valence-corrected chi connectivity index (χ0v) is 13.7. The van der Waals surface area contributed by atoms with Crippen molar-refractivity contribution in [2.45, 2.75) is 13.3 Å². The van der Waals surface area contributed by atoms with Crippen LogP contribution in [0.15, 0.2) is 42.5 Å². The quantitative estimate of drug-likeness (QED) is 0.754. The molecule has 0 aliphatic rings. The molecule has 3 rings (SSSR count). The average Bonchev–Trinajstić information content (AvgIpc) is 2.50. The number of rotatable bonds is 3. The fourth-order valence-corrected chi connectivity index (χ4v) is 3.01. The van der Waals surface area contributed by atoms with E-state index in [4.69, 9.17) is 16.6 Å². The zero-order chi connectivity index (χ0) is 16.6. The molecule has 0 saturated heterocycles. The minimum Gasteiger partial charge on any atom is -0.481 e. The number of aryl methyl sites for hydroxylation is 1.